The van der Waals surface area contributed by atoms with E-state index in [9.17, 15) is 9.59 Å². The van der Waals surface area contributed by atoms with Gasteiger partial charge in [0.25, 0.3) is 0 Å². The van der Waals surface area contributed by atoms with Crippen LogP contribution in [0.15, 0.2) is 29.6 Å². The summed E-state index contributed by atoms with van der Waals surface area (Å²) >= 11 is 1.36. The number of piperazine rings is 2. The maximum absolute atomic E-state index is 12.8. The van der Waals surface area contributed by atoms with Crippen molar-refractivity contribution in [3.63, 3.8) is 0 Å². The number of carbonyl (C=O) groups excluding carboxylic acids is 2. The van der Waals surface area contributed by atoms with Crippen molar-refractivity contribution in [3.05, 3.63) is 35.3 Å². The first-order valence-corrected chi connectivity index (χ1v) is 11.8. The molecule has 0 unspecified atom stereocenters. The molecule has 2 saturated heterocycles. The molecule has 3 amide bonds. The number of nitrogens with one attached hydrogen (secondary N) is 1. The highest BCUT2D eigenvalue weighted by molar-refractivity contribution is 7.13. The lowest BCUT2D eigenvalue weighted by Crippen LogP contribution is -2.49. The predicted molar refractivity (Wildman–Crippen MR) is 126 cm³/mol. The standard InChI is InChI=1S/C22H30N6O3S/c1-25-7-9-28(10-8-25)22(30)24-21-23-17(16-32-21)15-20(29)27-13-11-26(12-14-27)18-3-5-19(31-2)6-4-18/h3-6,16H,7-15H2,1-2H3,(H,23,24,30). The van der Waals surface area contributed by atoms with E-state index in [2.05, 4.69) is 27.1 Å². The molecule has 2 aliphatic heterocycles. The summed E-state index contributed by atoms with van der Waals surface area (Å²) in [4.78, 5) is 37.8. The van der Waals surface area contributed by atoms with Crippen LogP contribution in [0.25, 0.3) is 0 Å². The van der Waals surface area contributed by atoms with Gasteiger partial charge in [0.2, 0.25) is 5.91 Å². The Morgan fingerprint density at radius 1 is 1.00 bits per heavy atom. The largest absolute Gasteiger partial charge is 0.497 e. The monoisotopic (exact) mass is 458 g/mol. The lowest BCUT2D eigenvalue weighted by molar-refractivity contribution is -0.130. The smallest absolute Gasteiger partial charge is 0.323 e. The zero-order chi connectivity index (χ0) is 22.5. The Hall–Kier alpha value is -2.85. The van der Waals surface area contributed by atoms with E-state index in [4.69, 9.17) is 4.74 Å². The zero-order valence-corrected chi connectivity index (χ0v) is 19.4. The van der Waals surface area contributed by atoms with Gasteiger partial charge in [0, 0.05) is 63.4 Å². The Labute approximate surface area is 192 Å². The van der Waals surface area contributed by atoms with Crippen molar-refractivity contribution >= 4 is 34.1 Å². The van der Waals surface area contributed by atoms with Crippen LogP contribution in [0.1, 0.15) is 5.69 Å². The minimum absolute atomic E-state index is 0.0709. The summed E-state index contributed by atoms with van der Waals surface area (Å²) < 4.78 is 5.22. The van der Waals surface area contributed by atoms with Crippen molar-refractivity contribution < 1.29 is 14.3 Å². The van der Waals surface area contributed by atoms with Gasteiger partial charge in [0.05, 0.1) is 19.2 Å². The number of hydrogen-bond acceptors (Lipinski definition) is 7. The number of urea groups is 1. The lowest BCUT2D eigenvalue weighted by Gasteiger charge is -2.36. The van der Waals surface area contributed by atoms with Gasteiger partial charge in [-0.15, -0.1) is 11.3 Å². The van der Waals surface area contributed by atoms with Gasteiger partial charge in [-0.05, 0) is 31.3 Å². The molecule has 32 heavy (non-hydrogen) atoms. The summed E-state index contributed by atoms with van der Waals surface area (Å²) in [5.74, 6) is 0.909. The first-order valence-electron chi connectivity index (χ1n) is 10.9. The molecule has 0 spiro atoms. The minimum Gasteiger partial charge on any atom is -0.497 e. The summed E-state index contributed by atoms with van der Waals surface area (Å²) in [6.07, 6.45) is 0.253. The fourth-order valence-electron chi connectivity index (χ4n) is 3.90. The molecule has 10 heteroatoms. The van der Waals surface area contributed by atoms with Crippen LogP contribution in [0.2, 0.25) is 0 Å². The number of benzene rings is 1. The maximum atomic E-state index is 12.8. The van der Waals surface area contributed by atoms with Crippen molar-refractivity contribution in [2.75, 3.05) is 76.7 Å². The van der Waals surface area contributed by atoms with E-state index in [1.165, 1.54) is 11.3 Å². The quantitative estimate of drug-likeness (QED) is 0.736. The van der Waals surface area contributed by atoms with Gasteiger partial charge >= 0.3 is 6.03 Å². The van der Waals surface area contributed by atoms with Gasteiger partial charge in [0.1, 0.15) is 5.75 Å². The molecule has 0 atom stereocenters. The van der Waals surface area contributed by atoms with E-state index in [0.717, 1.165) is 37.6 Å². The molecule has 2 fully saturated rings. The molecule has 0 saturated carbocycles. The Kier molecular flexibility index (Phi) is 7.11. The summed E-state index contributed by atoms with van der Waals surface area (Å²) in [5.41, 5.74) is 1.84. The Morgan fingerprint density at radius 2 is 1.66 bits per heavy atom. The molecule has 1 aromatic carbocycles. The van der Waals surface area contributed by atoms with Crippen LogP contribution in [0, 0.1) is 0 Å². The molecule has 1 N–H and O–H groups in total. The number of hydrogen-bond donors (Lipinski definition) is 1. The van der Waals surface area contributed by atoms with Crippen LogP contribution in [0.3, 0.4) is 0 Å². The molecule has 9 nitrogen and oxygen atoms in total. The van der Waals surface area contributed by atoms with Crippen LogP contribution >= 0.6 is 11.3 Å². The predicted octanol–water partition coefficient (Wildman–Crippen LogP) is 1.82. The molecule has 2 aromatic rings. The van der Waals surface area contributed by atoms with Crippen LogP contribution in [-0.4, -0.2) is 98.1 Å². The summed E-state index contributed by atoms with van der Waals surface area (Å²) in [5, 5.41) is 5.26. The third-order valence-electron chi connectivity index (χ3n) is 5.96. The number of carbonyl (C=O) groups is 2. The highest BCUT2D eigenvalue weighted by Crippen LogP contribution is 2.21. The van der Waals surface area contributed by atoms with E-state index < -0.39 is 0 Å². The van der Waals surface area contributed by atoms with Gasteiger partial charge < -0.3 is 24.3 Å². The second-order valence-corrected chi connectivity index (χ2v) is 8.97. The molecule has 172 valence electrons. The number of likely N-dealkylation sites (N-methyl/N-ethyl adjacent to an activating group) is 1. The molecular formula is C22H30N6O3S. The first kappa shape index (κ1) is 22.3. The van der Waals surface area contributed by atoms with E-state index in [1.54, 1.807) is 12.0 Å². The molecule has 2 aliphatic rings. The fourth-order valence-corrected chi connectivity index (χ4v) is 4.60. The molecule has 3 heterocycles. The lowest BCUT2D eigenvalue weighted by atomic mass is 10.2. The van der Waals surface area contributed by atoms with Crippen molar-refractivity contribution in [1.82, 2.24) is 19.7 Å². The van der Waals surface area contributed by atoms with Crippen molar-refractivity contribution in [3.8, 4) is 5.75 Å². The number of nitrogens with zero attached hydrogens (tertiary/aromatic N) is 5. The molecule has 0 radical (unpaired) electrons. The number of methoxy groups -OCH3 is 1. The molecule has 4 rings (SSSR count). The molecule has 0 aliphatic carbocycles. The van der Waals surface area contributed by atoms with Crippen LogP contribution in [0.4, 0.5) is 15.6 Å². The average Bonchev–Trinajstić information content (AvgIpc) is 3.26. The third-order valence-corrected chi connectivity index (χ3v) is 6.76. The average molecular weight is 459 g/mol. The van der Waals surface area contributed by atoms with E-state index in [0.29, 0.717) is 37.0 Å². The van der Waals surface area contributed by atoms with E-state index in [-0.39, 0.29) is 18.4 Å². The normalized spacial score (nSPS) is 17.4. The Bertz CT molecular complexity index is 918. The third kappa shape index (κ3) is 5.49. The van der Waals surface area contributed by atoms with Crippen molar-refractivity contribution in [2.45, 2.75) is 6.42 Å². The van der Waals surface area contributed by atoms with E-state index >= 15 is 0 Å². The highest BCUT2D eigenvalue weighted by atomic mass is 32.1. The summed E-state index contributed by atoms with van der Waals surface area (Å²) in [6.45, 7) is 6.11. The van der Waals surface area contributed by atoms with Crippen molar-refractivity contribution in [2.24, 2.45) is 0 Å². The van der Waals surface area contributed by atoms with Crippen LogP contribution in [-0.2, 0) is 11.2 Å². The van der Waals surface area contributed by atoms with E-state index in [1.807, 2.05) is 34.5 Å². The highest BCUT2D eigenvalue weighted by Gasteiger charge is 2.23. The van der Waals surface area contributed by atoms with Gasteiger partial charge in [-0.2, -0.15) is 0 Å². The first-order chi connectivity index (χ1) is 15.5. The van der Waals surface area contributed by atoms with Gasteiger partial charge in [0.15, 0.2) is 5.13 Å². The fraction of sp³-hybridized carbons (Fsp3) is 0.500. The number of thiazole rings is 1. The number of ether oxygens (including phenoxy) is 1. The number of rotatable bonds is 5. The minimum atomic E-state index is -0.125. The number of aromatic nitrogens is 1. The van der Waals surface area contributed by atoms with Gasteiger partial charge in [-0.25, -0.2) is 9.78 Å². The zero-order valence-electron chi connectivity index (χ0n) is 18.6. The second kappa shape index (κ2) is 10.2. The van der Waals surface area contributed by atoms with Gasteiger partial charge in [-0.3, -0.25) is 10.1 Å². The summed E-state index contributed by atoms with van der Waals surface area (Å²) in [7, 11) is 3.71. The van der Waals surface area contributed by atoms with Gasteiger partial charge in [-0.1, -0.05) is 0 Å². The van der Waals surface area contributed by atoms with Crippen LogP contribution in [0.5, 0.6) is 5.75 Å². The summed E-state index contributed by atoms with van der Waals surface area (Å²) in [6, 6.07) is 7.87. The number of amides is 3. The maximum Gasteiger partial charge on any atom is 0.323 e. The molecule has 1 aromatic heterocycles. The second-order valence-electron chi connectivity index (χ2n) is 8.11. The SMILES string of the molecule is COc1ccc(N2CCN(C(=O)Cc3csc(NC(=O)N4CCN(C)CC4)n3)CC2)cc1. The van der Waals surface area contributed by atoms with Crippen molar-refractivity contribution in [1.29, 1.82) is 0 Å². The molecule has 0 bridgehead atoms. The Morgan fingerprint density at radius 3 is 2.31 bits per heavy atom. The number of anilines is 2. The Balaban J connectivity index is 1.24. The van der Waals surface area contributed by atoms with Crippen LogP contribution < -0.4 is 15.0 Å². The topological polar surface area (TPSA) is 81.2 Å². The molecular weight excluding hydrogens is 428 g/mol.